The minimum atomic E-state index is -7.26. The van der Waals surface area contributed by atoms with Crippen LogP contribution in [-0.4, -0.2) is 96.6 Å². The van der Waals surface area contributed by atoms with Gasteiger partial charge in [-0.2, -0.15) is 0 Å². The van der Waals surface area contributed by atoms with E-state index in [2.05, 4.69) is 20.8 Å². The van der Waals surface area contributed by atoms with Crippen LogP contribution in [0.25, 0.3) is 0 Å². The van der Waals surface area contributed by atoms with Crippen molar-refractivity contribution in [2.45, 2.75) is 67.9 Å². The molecule has 0 radical (unpaired) electrons. The van der Waals surface area contributed by atoms with Crippen molar-refractivity contribution < 1.29 is 90.8 Å². The second-order valence-electron chi connectivity index (χ2n) is 10.0. The summed E-state index contributed by atoms with van der Waals surface area (Å²) in [5, 5.41) is 9.31. The van der Waals surface area contributed by atoms with Gasteiger partial charge in [-0.05, 0) is 20.8 Å². The summed E-state index contributed by atoms with van der Waals surface area (Å²) >= 11 is 0. The number of carbonyl (C=O) groups excluding carboxylic acids is 3. The lowest BCUT2D eigenvalue weighted by Crippen LogP contribution is -2.98. The van der Waals surface area contributed by atoms with Crippen LogP contribution in [0, 0.1) is 10.8 Å². The van der Waals surface area contributed by atoms with Gasteiger partial charge in [0.25, 0.3) is 23.7 Å². The van der Waals surface area contributed by atoms with Crippen LogP contribution >= 0.6 is 0 Å². The Bertz CT molecular complexity index is 1150. The molecule has 0 aromatic carbocycles. The Morgan fingerprint density at radius 3 is 1.62 bits per heavy atom. The zero-order valence-electron chi connectivity index (χ0n) is 21.4. The van der Waals surface area contributed by atoms with Gasteiger partial charge in [0, 0.05) is 5.57 Å². The van der Waals surface area contributed by atoms with E-state index in [-0.39, 0.29) is 5.57 Å². The third kappa shape index (κ3) is 3.61. The van der Waals surface area contributed by atoms with Crippen LogP contribution in [0.5, 0.6) is 0 Å². The lowest BCUT2D eigenvalue weighted by Gasteiger charge is -2.71. The highest BCUT2D eigenvalue weighted by atomic mass is 19.3. The maximum atomic E-state index is 15.9. The van der Waals surface area contributed by atoms with E-state index in [1.807, 2.05) is 0 Å². The minimum Gasteiger partial charge on any atom is -0.462 e. The smallest absolute Gasteiger partial charge is 0.344 e. The van der Waals surface area contributed by atoms with Crippen LogP contribution in [0.15, 0.2) is 12.2 Å². The summed E-state index contributed by atoms with van der Waals surface area (Å²) < 4.78 is 210. The summed E-state index contributed by atoms with van der Waals surface area (Å²) in [6.07, 6.45) is -5.74. The highest BCUT2D eigenvalue weighted by Gasteiger charge is 3.10. The maximum absolute atomic E-state index is 15.9. The van der Waals surface area contributed by atoms with E-state index in [9.17, 15) is 28.3 Å². The number of hydrogen-bond acceptors (Lipinski definition) is 7. The predicted molar refractivity (Wildman–Crippen MR) is 108 cm³/mol. The zero-order valence-corrected chi connectivity index (χ0v) is 21.4. The van der Waals surface area contributed by atoms with Gasteiger partial charge in [0.1, 0.15) is 12.0 Å². The van der Waals surface area contributed by atoms with E-state index >= 15 is 48.3 Å². The van der Waals surface area contributed by atoms with Crippen LogP contribution in [0.1, 0.15) is 20.8 Å². The Hall–Kier alpha value is -2.80. The quantitative estimate of drug-likeness (QED) is 0.174. The molecule has 2 aliphatic rings. The van der Waals surface area contributed by atoms with Crippen molar-refractivity contribution in [3.63, 3.8) is 0 Å². The molecule has 20 heteroatoms. The molecule has 0 aliphatic heterocycles. The third-order valence-electron chi connectivity index (χ3n) is 7.73. The van der Waals surface area contributed by atoms with Gasteiger partial charge in [0.05, 0.1) is 6.61 Å². The first kappa shape index (κ1) is 35.4. The molecule has 0 amide bonds. The standard InChI is InChI=1S/C22H21F13O7/c1-9(2)12(39)41-6-10(37)40-5-11(38)42-8-16-19(28,29)14(3,7-36)20(30,31)18(27,22(16,34)35)15(4,25)17(26,13(23)24)21(16,32)33/h13,36H,1,5-8H2,2-4H3. The molecule has 0 heterocycles. The number of ether oxygens (including phenoxy) is 3. The fourth-order valence-electron chi connectivity index (χ4n) is 5.05. The van der Waals surface area contributed by atoms with Gasteiger partial charge in [0.15, 0.2) is 18.9 Å². The number of carbonyl (C=O) groups is 3. The molecular formula is C22H21F13O7. The minimum absolute atomic E-state index is 0.245. The van der Waals surface area contributed by atoms with Crippen LogP contribution in [0.4, 0.5) is 57.1 Å². The average molecular weight is 644 g/mol. The molecule has 1 N–H and O–H groups in total. The van der Waals surface area contributed by atoms with E-state index in [1.54, 1.807) is 0 Å². The molecule has 2 bridgehead atoms. The first-order chi connectivity index (χ1) is 18.6. The molecular weight excluding hydrogens is 623 g/mol. The molecule has 42 heavy (non-hydrogen) atoms. The van der Waals surface area contributed by atoms with Gasteiger partial charge >= 0.3 is 35.7 Å². The lowest BCUT2D eigenvalue weighted by molar-refractivity contribution is -0.537. The topological polar surface area (TPSA) is 99.1 Å². The second-order valence-corrected chi connectivity index (χ2v) is 10.0. The van der Waals surface area contributed by atoms with Crippen molar-refractivity contribution in [1.82, 2.24) is 0 Å². The Kier molecular flexibility index (Phi) is 8.31. The van der Waals surface area contributed by atoms with Gasteiger partial charge in [-0.25, -0.2) is 71.5 Å². The summed E-state index contributed by atoms with van der Waals surface area (Å²) in [5.74, 6) is -33.3. The van der Waals surface area contributed by atoms with Gasteiger partial charge in [-0.1, -0.05) is 6.58 Å². The van der Waals surface area contributed by atoms with Crippen molar-refractivity contribution in [2.75, 3.05) is 26.4 Å². The molecule has 7 nitrogen and oxygen atoms in total. The van der Waals surface area contributed by atoms with Crippen LogP contribution < -0.4 is 0 Å². The summed E-state index contributed by atoms with van der Waals surface area (Å²) in [4.78, 5) is 34.6. The summed E-state index contributed by atoms with van der Waals surface area (Å²) in [6.45, 7) is -7.13. The molecule has 5 atom stereocenters. The summed E-state index contributed by atoms with van der Waals surface area (Å²) in [7, 11) is 0. The summed E-state index contributed by atoms with van der Waals surface area (Å²) in [6, 6.07) is 0. The maximum Gasteiger partial charge on any atom is 0.344 e. The van der Waals surface area contributed by atoms with E-state index < -0.39 is 116 Å². The van der Waals surface area contributed by atoms with Crippen molar-refractivity contribution >= 4 is 17.9 Å². The predicted octanol–water partition coefficient (Wildman–Crippen LogP) is 4.16. The Morgan fingerprint density at radius 2 is 1.19 bits per heavy atom. The Balaban J connectivity index is 2.71. The van der Waals surface area contributed by atoms with Crippen LogP contribution in [-0.2, 0) is 28.6 Å². The van der Waals surface area contributed by atoms with Crippen LogP contribution in [0.3, 0.4) is 0 Å². The van der Waals surface area contributed by atoms with Crippen molar-refractivity contribution in [2.24, 2.45) is 10.8 Å². The average Bonchev–Trinajstić information content (AvgIpc) is 2.86. The van der Waals surface area contributed by atoms with E-state index in [0.29, 0.717) is 0 Å². The van der Waals surface area contributed by atoms with E-state index in [4.69, 9.17) is 0 Å². The number of esters is 3. The molecule has 2 rings (SSSR count). The van der Waals surface area contributed by atoms with E-state index in [0.717, 1.165) is 6.92 Å². The molecule has 242 valence electrons. The zero-order chi connectivity index (χ0) is 33.3. The fourth-order valence-corrected chi connectivity index (χ4v) is 5.05. The molecule has 0 aromatic rings. The first-order valence-corrected chi connectivity index (χ1v) is 11.2. The number of halogens is 13. The number of rotatable bonds is 9. The van der Waals surface area contributed by atoms with Crippen LogP contribution in [0.2, 0.25) is 0 Å². The van der Waals surface area contributed by atoms with Crippen molar-refractivity contribution in [3.05, 3.63) is 12.2 Å². The molecule has 2 aliphatic carbocycles. The number of hydrogen-bond donors (Lipinski definition) is 1. The third-order valence-corrected chi connectivity index (χ3v) is 7.73. The second kappa shape index (κ2) is 9.87. The Morgan fingerprint density at radius 1 is 0.738 bits per heavy atom. The van der Waals surface area contributed by atoms with Crippen molar-refractivity contribution in [1.29, 1.82) is 0 Å². The number of aliphatic hydroxyl groups is 1. The Labute approximate surface area is 226 Å². The molecule has 0 saturated heterocycles. The monoisotopic (exact) mass is 644 g/mol. The lowest BCUT2D eigenvalue weighted by atomic mass is 9.40. The van der Waals surface area contributed by atoms with E-state index in [1.165, 1.54) is 0 Å². The van der Waals surface area contributed by atoms with Gasteiger partial charge in [0.2, 0.25) is 5.41 Å². The molecule has 0 spiro atoms. The number of alkyl halides is 13. The number of aliphatic hydroxyl groups excluding tert-OH is 1. The number of fused-ring (bicyclic) bond motifs is 2. The van der Waals surface area contributed by atoms with Gasteiger partial charge in [-0.3, -0.25) is 0 Å². The normalized spacial score (nSPS) is 37.5. The molecule has 2 saturated carbocycles. The fraction of sp³-hybridized carbons (Fsp3) is 0.773. The highest BCUT2D eigenvalue weighted by molar-refractivity contribution is 5.88. The van der Waals surface area contributed by atoms with Gasteiger partial charge in [-0.15, -0.1) is 0 Å². The largest absolute Gasteiger partial charge is 0.462 e. The summed E-state index contributed by atoms with van der Waals surface area (Å²) in [5.41, 5.74) is -32.2. The highest BCUT2D eigenvalue weighted by Crippen LogP contribution is 2.84. The first-order valence-electron chi connectivity index (χ1n) is 11.2. The molecule has 0 aromatic heterocycles. The molecule has 5 unspecified atom stereocenters. The SMILES string of the molecule is C=C(C)C(=O)OCC(=O)OCC(=O)OCC12C(F)(F)C(C)(CO)C(F)(F)C(F)(C(C)(F)C(F)(C(F)F)C1(F)F)C2(F)F. The molecule has 2 fully saturated rings. The van der Waals surface area contributed by atoms with Crippen molar-refractivity contribution in [3.8, 4) is 0 Å². The van der Waals surface area contributed by atoms with Gasteiger partial charge < -0.3 is 19.3 Å².